The minimum atomic E-state index is -0.250. The van der Waals surface area contributed by atoms with Crippen LogP contribution >= 0.6 is 0 Å². The van der Waals surface area contributed by atoms with Crippen LogP contribution in [0.15, 0.2) is 24.5 Å². The maximum Gasteiger partial charge on any atom is 0.290 e. The monoisotopic (exact) mass is 168 g/mol. The molecular weight excluding hydrogens is 156 g/mol. The van der Waals surface area contributed by atoms with Crippen LogP contribution in [0.5, 0.6) is 0 Å². The Morgan fingerprint density at radius 3 is 2.08 bits per heavy atom. The standard InChI is InChI=1S/C7H10N2.CH2O2/c1-9(2)7-3-5-8-6-4-7;2-1-3/h3-6H,1-2H3;1H,(H,2,3). The number of carboxylic acid groups (broad SMARTS) is 1. The van der Waals surface area contributed by atoms with Crippen LogP contribution in [0.3, 0.4) is 0 Å². The van der Waals surface area contributed by atoms with E-state index in [2.05, 4.69) is 4.98 Å². The molecule has 4 nitrogen and oxygen atoms in total. The molecular formula is C8H12N2O2. The zero-order valence-corrected chi connectivity index (χ0v) is 7.14. The Morgan fingerprint density at radius 2 is 1.83 bits per heavy atom. The van der Waals surface area contributed by atoms with Gasteiger partial charge in [0.1, 0.15) is 0 Å². The molecule has 0 bridgehead atoms. The molecule has 66 valence electrons. The summed E-state index contributed by atoms with van der Waals surface area (Å²) in [5.74, 6) is 0. The summed E-state index contributed by atoms with van der Waals surface area (Å²) in [7, 11) is 4.02. The molecule has 0 saturated heterocycles. The lowest BCUT2D eigenvalue weighted by molar-refractivity contribution is -0.122. The van der Waals surface area contributed by atoms with E-state index in [4.69, 9.17) is 9.90 Å². The van der Waals surface area contributed by atoms with Gasteiger partial charge in [0, 0.05) is 32.2 Å². The van der Waals surface area contributed by atoms with E-state index in [0.29, 0.717) is 0 Å². The second kappa shape index (κ2) is 6.15. The van der Waals surface area contributed by atoms with Crippen molar-refractivity contribution >= 4 is 12.2 Å². The van der Waals surface area contributed by atoms with Gasteiger partial charge in [0.15, 0.2) is 0 Å². The number of rotatable bonds is 1. The van der Waals surface area contributed by atoms with E-state index in [9.17, 15) is 0 Å². The molecule has 1 rings (SSSR count). The predicted octanol–water partition coefficient (Wildman–Crippen LogP) is 0.848. The van der Waals surface area contributed by atoms with Gasteiger partial charge in [-0.25, -0.2) is 0 Å². The fourth-order valence-corrected chi connectivity index (χ4v) is 0.642. The van der Waals surface area contributed by atoms with Gasteiger partial charge in [-0.3, -0.25) is 9.78 Å². The summed E-state index contributed by atoms with van der Waals surface area (Å²) in [6.07, 6.45) is 3.57. The van der Waals surface area contributed by atoms with E-state index < -0.39 is 0 Å². The number of pyridine rings is 1. The normalized spacial score (nSPS) is 7.83. The largest absolute Gasteiger partial charge is 0.483 e. The van der Waals surface area contributed by atoms with Crippen LogP contribution in [0, 0.1) is 0 Å². The smallest absolute Gasteiger partial charge is 0.290 e. The van der Waals surface area contributed by atoms with Crippen LogP contribution < -0.4 is 4.90 Å². The Morgan fingerprint density at radius 1 is 1.42 bits per heavy atom. The number of aromatic nitrogens is 1. The lowest BCUT2D eigenvalue weighted by Gasteiger charge is -2.10. The zero-order chi connectivity index (χ0) is 9.40. The quantitative estimate of drug-likeness (QED) is 0.631. The third-order valence-corrected chi connectivity index (χ3v) is 1.18. The summed E-state index contributed by atoms with van der Waals surface area (Å²) in [6, 6.07) is 3.94. The summed E-state index contributed by atoms with van der Waals surface area (Å²) < 4.78 is 0. The summed E-state index contributed by atoms with van der Waals surface area (Å²) in [5, 5.41) is 6.89. The molecule has 1 aromatic heterocycles. The lowest BCUT2D eigenvalue weighted by atomic mass is 10.4. The molecule has 0 aliphatic rings. The minimum Gasteiger partial charge on any atom is -0.483 e. The Hall–Kier alpha value is -1.58. The Balaban J connectivity index is 0.000000354. The van der Waals surface area contributed by atoms with E-state index in [1.165, 1.54) is 5.69 Å². The highest BCUT2D eigenvalue weighted by Gasteiger charge is 1.88. The molecule has 1 aromatic rings. The maximum atomic E-state index is 8.36. The van der Waals surface area contributed by atoms with Crippen molar-refractivity contribution < 1.29 is 9.90 Å². The van der Waals surface area contributed by atoms with Gasteiger partial charge < -0.3 is 10.0 Å². The number of hydrogen-bond donors (Lipinski definition) is 1. The molecule has 0 aliphatic heterocycles. The van der Waals surface area contributed by atoms with E-state index in [1.807, 2.05) is 31.1 Å². The van der Waals surface area contributed by atoms with Crippen LogP contribution in [-0.4, -0.2) is 30.7 Å². The van der Waals surface area contributed by atoms with Crippen LogP contribution in [0.1, 0.15) is 0 Å². The first-order chi connectivity index (χ1) is 5.72. The van der Waals surface area contributed by atoms with Crippen molar-refractivity contribution in [1.29, 1.82) is 0 Å². The molecule has 0 spiro atoms. The van der Waals surface area contributed by atoms with Crippen molar-refractivity contribution in [1.82, 2.24) is 4.98 Å². The fourth-order valence-electron chi connectivity index (χ4n) is 0.642. The van der Waals surface area contributed by atoms with Crippen molar-refractivity contribution in [2.45, 2.75) is 0 Å². The Bertz CT molecular complexity index is 212. The summed E-state index contributed by atoms with van der Waals surface area (Å²) in [6.45, 7) is -0.250. The average Bonchev–Trinajstić information content (AvgIpc) is 2.07. The van der Waals surface area contributed by atoms with Gasteiger partial charge in [-0.1, -0.05) is 0 Å². The third-order valence-electron chi connectivity index (χ3n) is 1.18. The molecule has 0 atom stereocenters. The first-order valence-electron chi connectivity index (χ1n) is 3.37. The number of anilines is 1. The molecule has 0 radical (unpaired) electrons. The van der Waals surface area contributed by atoms with Crippen molar-refractivity contribution in [3.63, 3.8) is 0 Å². The first-order valence-corrected chi connectivity index (χ1v) is 3.37. The van der Waals surface area contributed by atoms with Gasteiger partial charge in [0.2, 0.25) is 0 Å². The highest BCUT2D eigenvalue weighted by molar-refractivity contribution is 5.42. The van der Waals surface area contributed by atoms with Gasteiger partial charge >= 0.3 is 0 Å². The second-order valence-corrected chi connectivity index (χ2v) is 2.21. The molecule has 1 N–H and O–H groups in total. The number of carbonyl (C=O) groups is 1. The first kappa shape index (κ1) is 10.4. The molecule has 12 heavy (non-hydrogen) atoms. The van der Waals surface area contributed by atoms with Crippen LogP contribution in [0.4, 0.5) is 5.69 Å². The molecule has 0 saturated carbocycles. The lowest BCUT2D eigenvalue weighted by Crippen LogP contribution is -2.07. The van der Waals surface area contributed by atoms with Crippen LogP contribution in [0.2, 0.25) is 0 Å². The van der Waals surface area contributed by atoms with Crippen molar-refractivity contribution in [3.05, 3.63) is 24.5 Å². The average molecular weight is 168 g/mol. The molecule has 4 heteroatoms. The van der Waals surface area contributed by atoms with E-state index in [0.717, 1.165) is 0 Å². The Labute approximate surface area is 71.5 Å². The van der Waals surface area contributed by atoms with Gasteiger partial charge in [0.25, 0.3) is 6.47 Å². The number of hydrogen-bond acceptors (Lipinski definition) is 3. The summed E-state index contributed by atoms with van der Waals surface area (Å²) in [4.78, 5) is 14.3. The third kappa shape index (κ3) is 4.27. The molecule has 0 aromatic carbocycles. The van der Waals surface area contributed by atoms with Gasteiger partial charge in [0.05, 0.1) is 0 Å². The SMILES string of the molecule is CN(C)c1ccncc1.O=CO. The maximum absolute atomic E-state index is 8.36. The predicted molar refractivity (Wildman–Crippen MR) is 47.3 cm³/mol. The molecule has 0 amide bonds. The second-order valence-electron chi connectivity index (χ2n) is 2.21. The summed E-state index contributed by atoms with van der Waals surface area (Å²) >= 11 is 0. The molecule has 0 fully saturated rings. The van der Waals surface area contributed by atoms with Gasteiger partial charge in [-0.2, -0.15) is 0 Å². The zero-order valence-electron chi connectivity index (χ0n) is 7.14. The van der Waals surface area contributed by atoms with Crippen LogP contribution in [0.25, 0.3) is 0 Å². The molecule has 1 heterocycles. The molecule has 0 unspecified atom stereocenters. The highest BCUT2D eigenvalue weighted by Crippen LogP contribution is 2.05. The van der Waals surface area contributed by atoms with Crippen molar-refractivity contribution in [2.75, 3.05) is 19.0 Å². The van der Waals surface area contributed by atoms with Gasteiger partial charge in [-0.15, -0.1) is 0 Å². The van der Waals surface area contributed by atoms with Crippen LogP contribution in [-0.2, 0) is 4.79 Å². The fraction of sp³-hybridized carbons (Fsp3) is 0.250. The highest BCUT2D eigenvalue weighted by atomic mass is 16.3. The van der Waals surface area contributed by atoms with Crippen molar-refractivity contribution in [3.8, 4) is 0 Å². The minimum absolute atomic E-state index is 0.250. The topological polar surface area (TPSA) is 53.4 Å². The summed E-state index contributed by atoms with van der Waals surface area (Å²) in [5.41, 5.74) is 1.19. The van der Waals surface area contributed by atoms with Gasteiger partial charge in [-0.05, 0) is 12.1 Å². The van der Waals surface area contributed by atoms with E-state index >= 15 is 0 Å². The Kier molecular flexibility index (Phi) is 5.34. The van der Waals surface area contributed by atoms with E-state index in [1.54, 1.807) is 12.4 Å². The number of nitrogens with zero attached hydrogens (tertiary/aromatic N) is 2. The molecule has 0 aliphatic carbocycles. The van der Waals surface area contributed by atoms with E-state index in [-0.39, 0.29) is 6.47 Å². The van der Waals surface area contributed by atoms with Crippen molar-refractivity contribution in [2.24, 2.45) is 0 Å².